The summed E-state index contributed by atoms with van der Waals surface area (Å²) in [5.41, 5.74) is 20.4. The van der Waals surface area contributed by atoms with Crippen LogP contribution in [0.4, 0.5) is 0 Å². The number of hydrogen-bond donors (Lipinski definition) is 0. The van der Waals surface area contributed by atoms with E-state index >= 15 is 0 Å². The molecule has 0 unspecified atom stereocenters. The molecule has 0 N–H and O–H groups in total. The summed E-state index contributed by atoms with van der Waals surface area (Å²) in [6, 6.07) is 17.7. The Morgan fingerprint density at radius 1 is 0.188 bits per heavy atom. The molecule has 0 aliphatic carbocycles. The van der Waals surface area contributed by atoms with Crippen LogP contribution in [0.15, 0.2) is 84.5 Å². The molecule has 808 valence electrons. The van der Waals surface area contributed by atoms with E-state index in [4.69, 9.17) is 0 Å². The summed E-state index contributed by atoms with van der Waals surface area (Å²) in [5.74, 6) is 0. The minimum absolute atomic E-state index is 0.937. The zero-order valence-electron chi connectivity index (χ0n) is 95.0. The van der Waals surface area contributed by atoms with E-state index in [0.717, 1.165) is 55.5 Å². The Hall–Kier alpha value is -2.51. The zero-order chi connectivity index (χ0) is 98.3. The molecule has 3 rings (SSSR count). The summed E-state index contributed by atoms with van der Waals surface area (Å²) >= 11 is 2.05. The van der Waals surface area contributed by atoms with Crippen LogP contribution in [0.5, 0.6) is 0 Å². The molecule has 0 amide bonds. The van der Waals surface area contributed by atoms with Gasteiger partial charge in [-0.3, -0.25) is 0 Å². The summed E-state index contributed by atoms with van der Waals surface area (Å²) in [4.78, 5) is 0. The van der Waals surface area contributed by atoms with Gasteiger partial charge in [0.2, 0.25) is 11.4 Å². The van der Waals surface area contributed by atoms with Gasteiger partial charge in [-0.1, -0.05) is 583 Å². The molecule has 0 fully saturated rings. The molecule has 2 aromatic carbocycles. The molecule has 0 bridgehead atoms. The molecule has 0 radical (unpaired) electrons. The maximum atomic E-state index is 12.2. The molecule has 3 heteroatoms. The van der Waals surface area contributed by atoms with E-state index in [1.165, 1.54) is 688 Å². The molecule has 1 heterocycles. The van der Waals surface area contributed by atoms with Gasteiger partial charge in [0, 0.05) is 22.8 Å². The second kappa shape index (κ2) is 113. The Morgan fingerprint density at radius 2 is 0.362 bits per heavy atom. The molecule has 0 saturated carbocycles. The molecule has 2 aromatic rings. The fourth-order valence-electron chi connectivity index (χ4n) is 21.8. The van der Waals surface area contributed by atoms with Crippen molar-refractivity contribution in [2.75, 3.05) is 0 Å². The second-order valence-corrected chi connectivity index (χ2v) is 46.3. The molecular weight excluding hydrogens is 1710 g/mol. The van der Waals surface area contributed by atoms with Crippen LogP contribution < -0.4 is 0 Å². The van der Waals surface area contributed by atoms with Gasteiger partial charge in [0.05, 0.1) is 0 Å². The van der Waals surface area contributed by atoms with Crippen molar-refractivity contribution in [1.82, 2.24) is 0 Å². The van der Waals surface area contributed by atoms with Gasteiger partial charge in [0.1, 0.15) is 0 Å². The van der Waals surface area contributed by atoms with Crippen molar-refractivity contribution in [3.63, 3.8) is 0 Å². The summed E-state index contributed by atoms with van der Waals surface area (Å²) < 4.78 is 1.55. The first-order chi connectivity index (χ1) is 68.6. The van der Waals surface area contributed by atoms with Gasteiger partial charge in [0.25, 0.3) is 0 Å². The third-order valence-electron chi connectivity index (χ3n) is 31.3. The maximum absolute atomic E-state index is 12.2. The van der Waals surface area contributed by atoms with Crippen molar-refractivity contribution in [2.45, 2.75) is 739 Å². The molecule has 0 atom stereocenters. The first kappa shape index (κ1) is 132. The third kappa shape index (κ3) is 91.0. The van der Waals surface area contributed by atoms with Crippen LogP contribution in [0.3, 0.4) is 0 Å². The smallest absolute Gasteiger partial charge is 0.0654 e. The van der Waals surface area contributed by atoms with E-state index in [2.05, 4.69) is 128 Å². The number of benzene rings is 2. The molecule has 1 aliphatic heterocycles. The number of nitrogens with zero attached hydrogens (tertiary/aromatic N) is 2. The van der Waals surface area contributed by atoms with Gasteiger partial charge in [-0.2, -0.15) is 0 Å². The van der Waals surface area contributed by atoms with Crippen LogP contribution in [0, 0.1) is 0 Å². The Balaban J connectivity index is 0.00000102. The van der Waals surface area contributed by atoms with Crippen molar-refractivity contribution in [3.05, 3.63) is 112 Å². The topological polar surface area (TPSA) is 25.3 Å². The number of unbranched alkanes of at least 4 members (excludes halogenated alkanes) is 98. The Morgan fingerprint density at radius 3 is 0.587 bits per heavy atom. The predicted octanol–water partition coefficient (Wildman–Crippen LogP) is 50.0. The first-order valence-electron chi connectivity index (χ1n) is 64.5. The number of rotatable bonds is 114. The number of allylic oxidation sites excluding steroid dienone is 6. The van der Waals surface area contributed by atoms with E-state index in [-0.39, 0.29) is 0 Å². The quantitative estimate of drug-likeness (QED) is 0.0273. The number of hydrogen-bond acceptors (Lipinski definition) is 0. The van der Waals surface area contributed by atoms with E-state index < -0.39 is 0 Å². The van der Waals surface area contributed by atoms with Crippen molar-refractivity contribution < 1.29 is 19.1 Å². The van der Waals surface area contributed by atoms with Crippen molar-refractivity contribution in [1.29, 1.82) is 0 Å². The van der Waals surface area contributed by atoms with Gasteiger partial charge < -0.3 is 5.53 Å². The van der Waals surface area contributed by atoms with Crippen LogP contribution in [-0.2, 0) is 27.3 Å². The molecule has 138 heavy (non-hydrogen) atoms. The monoisotopic (exact) mass is 1960 g/mol. The number of aryl methyl sites for hydroxylation is 2. The SMILES string of the molecule is CCCCCCCCCCCCCCCCCCCCCCCCCCC=CCCc1ccccc1C1=CC(CCCCC)=C(c2ccccc2CCC=CCCCCCCCCCCCCCCCCCCCCCCCCCC)[N+]1=[N-].CCCCCCCCCCCCCCCCCCCCCCCCCC[CH2][Ni][CH2]CCCCCCCCCCCCCCCCCCCCCCCCCC. The summed E-state index contributed by atoms with van der Waals surface area (Å²) in [5, 5.41) is 2.87. The fraction of sp³-hybridized carbons (Fsp3) is 0.852. The van der Waals surface area contributed by atoms with E-state index in [1.54, 1.807) is 4.70 Å². The van der Waals surface area contributed by atoms with Crippen LogP contribution in [-0.4, -0.2) is 4.70 Å². The second-order valence-electron chi connectivity index (χ2n) is 44.8. The molecule has 0 saturated heterocycles. The van der Waals surface area contributed by atoms with E-state index in [9.17, 15) is 5.53 Å². The molecule has 0 spiro atoms. The predicted molar refractivity (Wildman–Crippen MR) is 624 cm³/mol. The summed E-state index contributed by atoms with van der Waals surface area (Å²) in [7, 11) is 0. The average Bonchev–Trinajstić information content (AvgIpc) is 1.61. The van der Waals surface area contributed by atoms with Crippen LogP contribution in [0.2, 0.25) is 10.8 Å². The van der Waals surface area contributed by atoms with Gasteiger partial charge in [-0.25, -0.2) is 4.70 Å². The molecule has 2 nitrogen and oxygen atoms in total. The van der Waals surface area contributed by atoms with Crippen molar-refractivity contribution in [3.8, 4) is 0 Å². The van der Waals surface area contributed by atoms with Gasteiger partial charge in [-0.15, -0.1) is 0 Å². The van der Waals surface area contributed by atoms with Gasteiger partial charge in [0.15, 0.2) is 0 Å². The Bertz CT molecular complexity index is 2780. The van der Waals surface area contributed by atoms with E-state index in [0.29, 0.717) is 0 Å². The minimum Gasteiger partial charge on any atom is -0.0654 e. The summed E-state index contributed by atoms with van der Waals surface area (Å²) in [6.45, 7) is 11.5. The van der Waals surface area contributed by atoms with Crippen LogP contribution in [0.25, 0.3) is 16.9 Å². The molecule has 0 aromatic heterocycles. The standard InChI is InChI=1S/C81H138N2.2C27H55.Ni/c1-4-7-10-12-14-16-18-20-22-24-26-28-30-32-34-36-38-40-42-44-46-48-50-52-54-56-58-61-67-75-69-63-65-72-78(75)80-74-77(71-60-9-6-3)81(83(80)82)79-73-66-64-70-76(79)68-62-59-57-55-53-51-49-47-45-43-41-39-37-35-33-31-29-27-25-23-21-19-17-15-13-11-8-5-2;2*1-3-5-7-9-11-13-15-17-19-21-23-25-27-26-24-22-20-18-16-14-12-10-8-6-4-2;/h56-59,63-66,69-70,72-74H,4-55,60-62,67-68,71H2,1-3H3;2*1,3-27H2,2H3;. The van der Waals surface area contributed by atoms with Crippen LogP contribution in [0.1, 0.15) is 737 Å². The fourth-order valence-corrected chi connectivity index (χ4v) is 23.0. The average molecular weight is 1960 g/mol. The van der Waals surface area contributed by atoms with Gasteiger partial charge in [-0.05, 0) is 87.5 Å². The van der Waals surface area contributed by atoms with Gasteiger partial charge >= 0.3 is 166 Å². The third-order valence-corrected chi connectivity index (χ3v) is 32.7. The Labute approximate surface area is 875 Å². The van der Waals surface area contributed by atoms with Crippen LogP contribution >= 0.6 is 0 Å². The molecule has 1 aliphatic rings. The first-order valence-corrected chi connectivity index (χ1v) is 65.9. The minimum atomic E-state index is 0.937. The van der Waals surface area contributed by atoms with Crippen molar-refractivity contribution >= 4 is 11.4 Å². The Kier molecular flexibility index (Phi) is 108. The van der Waals surface area contributed by atoms with Crippen molar-refractivity contribution in [2.24, 2.45) is 0 Å². The zero-order valence-corrected chi connectivity index (χ0v) is 96.0. The molecular formula is C135H248N2Ni. The normalized spacial score (nSPS) is 12.4. The van der Waals surface area contributed by atoms with E-state index in [1.807, 2.05) is 0 Å². The summed E-state index contributed by atoms with van der Waals surface area (Å²) in [6.07, 6.45) is 166.